The molecule has 0 saturated carbocycles. The van der Waals surface area contributed by atoms with Gasteiger partial charge in [0.05, 0.1) is 22.7 Å². The summed E-state index contributed by atoms with van der Waals surface area (Å²) in [5.41, 5.74) is 0.103. The van der Waals surface area contributed by atoms with Crippen molar-refractivity contribution < 1.29 is 27.5 Å². The Balaban J connectivity index is 1.71. The van der Waals surface area contributed by atoms with Gasteiger partial charge in [0.25, 0.3) is 5.91 Å². The number of nitrogens with zero attached hydrogens (tertiary/aromatic N) is 2. The van der Waals surface area contributed by atoms with Crippen molar-refractivity contribution in [1.82, 2.24) is 9.21 Å². The molecule has 0 N–H and O–H groups in total. The summed E-state index contributed by atoms with van der Waals surface area (Å²) in [6.45, 7) is 8.45. The Labute approximate surface area is 190 Å². The zero-order chi connectivity index (χ0) is 23.5. The molecule has 1 amide bonds. The van der Waals surface area contributed by atoms with Crippen molar-refractivity contribution in [3.8, 4) is 0 Å². The van der Waals surface area contributed by atoms with Crippen molar-refractivity contribution in [2.75, 3.05) is 19.6 Å². The first-order valence-electron chi connectivity index (χ1n) is 11.4. The predicted molar refractivity (Wildman–Crippen MR) is 120 cm³/mol. The Bertz CT molecular complexity index is 924. The highest BCUT2D eigenvalue weighted by atomic mass is 32.2. The topological polar surface area (TPSA) is 93.2 Å². The van der Waals surface area contributed by atoms with Crippen LogP contribution < -0.4 is 0 Å². The molecular weight excluding hydrogens is 432 g/mol. The first-order valence-corrected chi connectivity index (χ1v) is 12.8. The average molecular weight is 467 g/mol. The SMILES string of the molecule is CCC1CCCCN1C(=O)C(C)OC(=O)c1cccc(S(=O)(=O)N2CC(C)OC(C)C2)c1. The minimum Gasteiger partial charge on any atom is -0.449 e. The van der Waals surface area contributed by atoms with E-state index in [0.717, 1.165) is 25.7 Å². The molecule has 9 heteroatoms. The lowest BCUT2D eigenvalue weighted by atomic mass is 9.99. The van der Waals surface area contributed by atoms with Crippen LogP contribution in [0.2, 0.25) is 0 Å². The molecule has 2 heterocycles. The molecule has 4 unspecified atom stereocenters. The first-order chi connectivity index (χ1) is 15.1. The molecule has 2 aliphatic heterocycles. The summed E-state index contributed by atoms with van der Waals surface area (Å²) in [6.07, 6.45) is 2.51. The van der Waals surface area contributed by atoms with Crippen LogP contribution in [0.4, 0.5) is 0 Å². The number of amides is 1. The normalized spacial score (nSPS) is 25.9. The minimum atomic E-state index is -3.79. The number of carbonyl (C=O) groups excluding carboxylic acids is 2. The maximum Gasteiger partial charge on any atom is 0.338 e. The van der Waals surface area contributed by atoms with Gasteiger partial charge in [-0.3, -0.25) is 4.79 Å². The second kappa shape index (κ2) is 10.3. The molecule has 1 aromatic carbocycles. The molecule has 178 valence electrons. The summed E-state index contributed by atoms with van der Waals surface area (Å²) in [4.78, 5) is 27.4. The van der Waals surface area contributed by atoms with E-state index in [1.807, 2.05) is 18.7 Å². The van der Waals surface area contributed by atoms with Gasteiger partial charge >= 0.3 is 5.97 Å². The zero-order valence-corrected chi connectivity index (χ0v) is 20.1. The maximum absolute atomic E-state index is 13.1. The van der Waals surface area contributed by atoms with Gasteiger partial charge in [0.2, 0.25) is 10.0 Å². The molecule has 0 radical (unpaired) electrons. The van der Waals surface area contributed by atoms with Crippen LogP contribution in [0.3, 0.4) is 0 Å². The highest BCUT2D eigenvalue weighted by Gasteiger charge is 2.33. The predicted octanol–water partition coefficient (Wildman–Crippen LogP) is 2.82. The molecule has 0 spiro atoms. The van der Waals surface area contributed by atoms with E-state index >= 15 is 0 Å². The molecule has 4 atom stereocenters. The first kappa shape index (κ1) is 24.7. The van der Waals surface area contributed by atoms with Crippen LogP contribution in [0.1, 0.15) is 63.7 Å². The molecular formula is C23H34N2O6S. The van der Waals surface area contributed by atoms with Crippen molar-refractivity contribution in [3.63, 3.8) is 0 Å². The van der Waals surface area contributed by atoms with E-state index in [0.29, 0.717) is 6.54 Å². The summed E-state index contributed by atoms with van der Waals surface area (Å²) in [7, 11) is -3.79. The van der Waals surface area contributed by atoms with E-state index in [1.165, 1.54) is 28.6 Å². The second-order valence-electron chi connectivity index (χ2n) is 8.74. The van der Waals surface area contributed by atoms with Crippen LogP contribution in [-0.4, -0.2) is 73.5 Å². The van der Waals surface area contributed by atoms with Crippen molar-refractivity contribution in [2.24, 2.45) is 0 Å². The molecule has 0 aromatic heterocycles. The van der Waals surface area contributed by atoms with Gasteiger partial charge in [-0.1, -0.05) is 13.0 Å². The largest absolute Gasteiger partial charge is 0.449 e. The van der Waals surface area contributed by atoms with Crippen LogP contribution in [0, 0.1) is 0 Å². The lowest BCUT2D eigenvalue weighted by Gasteiger charge is -2.36. The Kier molecular flexibility index (Phi) is 7.95. The van der Waals surface area contributed by atoms with Gasteiger partial charge in [-0.15, -0.1) is 0 Å². The third-order valence-corrected chi connectivity index (χ3v) is 7.93. The number of ether oxygens (including phenoxy) is 2. The fraction of sp³-hybridized carbons (Fsp3) is 0.652. The number of esters is 1. The van der Waals surface area contributed by atoms with Crippen LogP contribution in [0.25, 0.3) is 0 Å². The van der Waals surface area contributed by atoms with E-state index in [4.69, 9.17) is 9.47 Å². The van der Waals surface area contributed by atoms with Gasteiger partial charge in [-0.05, 0) is 64.7 Å². The summed E-state index contributed by atoms with van der Waals surface area (Å²) in [6, 6.07) is 5.96. The van der Waals surface area contributed by atoms with Gasteiger partial charge in [0, 0.05) is 25.7 Å². The number of piperidine rings is 1. The smallest absolute Gasteiger partial charge is 0.338 e. The second-order valence-corrected chi connectivity index (χ2v) is 10.7. The van der Waals surface area contributed by atoms with E-state index in [2.05, 4.69) is 6.92 Å². The summed E-state index contributed by atoms with van der Waals surface area (Å²) >= 11 is 0. The summed E-state index contributed by atoms with van der Waals surface area (Å²) in [5.74, 6) is -0.915. The molecule has 2 fully saturated rings. The number of rotatable bonds is 6. The van der Waals surface area contributed by atoms with Crippen molar-refractivity contribution >= 4 is 21.9 Å². The maximum atomic E-state index is 13.1. The van der Waals surface area contributed by atoms with E-state index in [-0.39, 0.29) is 47.7 Å². The Hall–Kier alpha value is -1.97. The van der Waals surface area contributed by atoms with Crippen LogP contribution >= 0.6 is 0 Å². The van der Waals surface area contributed by atoms with Gasteiger partial charge < -0.3 is 14.4 Å². The molecule has 32 heavy (non-hydrogen) atoms. The molecule has 0 bridgehead atoms. The highest BCUT2D eigenvalue weighted by molar-refractivity contribution is 7.89. The number of sulfonamides is 1. The molecule has 0 aliphatic carbocycles. The van der Waals surface area contributed by atoms with Gasteiger partial charge in [-0.2, -0.15) is 4.31 Å². The third-order valence-electron chi connectivity index (χ3n) is 6.11. The standard InChI is InChI=1S/C23H34N2O6S/c1-5-20-10-6-7-12-25(20)22(26)18(4)31-23(27)19-9-8-11-21(13-19)32(28,29)24-14-16(2)30-17(3)15-24/h8-9,11,13,16-18,20H,5-7,10,12,14-15H2,1-4H3. The number of carbonyl (C=O) groups is 2. The van der Waals surface area contributed by atoms with Crippen LogP contribution in [0.15, 0.2) is 29.2 Å². The van der Waals surface area contributed by atoms with E-state index in [9.17, 15) is 18.0 Å². The minimum absolute atomic E-state index is 0.0225. The number of hydrogen-bond acceptors (Lipinski definition) is 6. The van der Waals surface area contributed by atoms with Crippen LogP contribution in [-0.2, 0) is 24.3 Å². The lowest BCUT2D eigenvalue weighted by molar-refractivity contribution is -0.143. The fourth-order valence-electron chi connectivity index (χ4n) is 4.49. The van der Waals surface area contributed by atoms with Gasteiger partial charge in [0.15, 0.2) is 6.10 Å². The quantitative estimate of drug-likeness (QED) is 0.599. The zero-order valence-electron chi connectivity index (χ0n) is 19.3. The Morgan fingerprint density at radius 3 is 2.53 bits per heavy atom. The van der Waals surface area contributed by atoms with Gasteiger partial charge in [-0.25, -0.2) is 13.2 Å². The monoisotopic (exact) mass is 466 g/mol. The molecule has 1 aromatic rings. The van der Waals surface area contributed by atoms with Gasteiger partial charge in [0.1, 0.15) is 0 Å². The molecule has 2 saturated heterocycles. The summed E-state index contributed by atoms with van der Waals surface area (Å²) in [5, 5.41) is 0. The third kappa shape index (κ3) is 5.50. The number of likely N-dealkylation sites (tertiary alicyclic amines) is 1. The van der Waals surface area contributed by atoms with Crippen molar-refractivity contribution in [2.45, 2.75) is 82.6 Å². The Morgan fingerprint density at radius 2 is 1.88 bits per heavy atom. The van der Waals surface area contributed by atoms with E-state index < -0.39 is 22.1 Å². The van der Waals surface area contributed by atoms with Crippen molar-refractivity contribution in [3.05, 3.63) is 29.8 Å². The molecule has 8 nitrogen and oxygen atoms in total. The number of benzene rings is 1. The number of morpholine rings is 1. The van der Waals surface area contributed by atoms with Crippen molar-refractivity contribution in [1.29, 1.82) is 0 Å². The van der Waals surface area contributed by atoms with E-state index in [1.54, 1.807) is 6.92 Å². The fourth-order valence-corrected chi connectivity index (χ4v) is 6.12. The number of hydrogen-bond donors (Lipinski definition) is 0. The summed E-state index contributed by atoms with van der Waals surface area (Å²) < 4.78 is 38.7. The molecule has 2 aliphatic rings. The lowest BCUT2D eigenvalue weighted by Crippen LogP contribution is -2.48. The Morgan fingerprint density at radius 1 is 1.19 bits per heavy atom. The average Bonchev–Trinajstić information content (AvgIpc) is 2.77. The molecule has 3 rings (SSSR count). The highest BCUT2D eigenvalue weighted by Crippen LogP contribution is 2.23. The van der Waals surface area contributed by atoms with Crippen LogP contribution in [0.5, 0.6) is 0 Å².